The Labute approximate surface area is 112 Å². The van der Waals surface area contributed by atoms with E-state index in [2.05, 4.69) is 5.32 Å². The molecule has 0 unspecified atom stereocenters. The minimum absolute atomic E-state index is 0.0208. The van der Waals surface area contributed by atoms with E-state index < -0.39 is 0 Å². The molecule has 2 nitrogen and oxygen atoms in total. The maximum Gasteiger partial charge on any atom is 0.181 e. The average Bonchev–Trinajstić information content (AvgIpc) is 2.41. The van der Waals surface area contributed by atoms with E-state index in [1.54, 1.807) is 12.1 Å². The van der Waals surface area contributed by atoms with Crippen molar-refractivity contribution < 1.29 is 9.18 Å². The van der Waals surface area contributed by atoms with Crippen molar-refractivity contribution in [2.45, 2.75) is 13.8 Å². The molecular weight excluding hydrogens is 241 g/mol. The van der Waals surface area contributed by atoms with Gasteiger partial charge in [-0.25, -0.2) is 4.39 Å². The molecule has 2 aromatic rings. The monoisotopic (exact) mass is 257 g/mol. The Morgan fingerprint density at radius 2 is 1.74 bits per heavy atom. The highest BCUT2D eigenvalue weighted by Gasteiger charge is 2.06. The maximum absolute atomic E-state index is 12.7. The Morgan fingerprint density at radius 3 is 2.37 bits per heavy atom. The van der Waals surface area contributed by atoms with Gasteiger partial charge in [-0.2, -0.15) is 0 Å². The van der Waals surface area contributed by atoms with E-state index in [4.69, 9.17) is 0 Å². The van der Waals surface area contributed by atoms with Gasteiger partial charge in [0.25, 0.3) is 0 Å². The number of benzene rings is 2. The van der Waals surface area contributed by atoms with Gasteiger partial charge in [-0.3, -0.25) is 4.79 Å². The van der Waals surface area contributed by atoms with Crippen LogP contribution in [0.5, 0.6) is 0 Å². The number of carbonyl (C=O) groups is 1. The van der Waals surface area contributed by atoms with Crippen LogP contribution in [0.3, 0.4) is 0 Å². The number of hydrogen-bond acceptors (Lipinski definition) is 2. The second kappa shape index (κ2) is 5.65. The average molecular weight is 257 g/mol. The molecule has 0 spiro atoms. The molecule has 98 valence electrons. The van der Waals surface area contributed by atoms with Crippen molar-refractivity contribution in [3.8, 4) is 0 Å². The molecule has 0 aliphatic rings. The highest BCUT2D eigenvalue weighted by molar-refractivity contribution is 5.99. The fourth-order valence-electron chi connectivity index (χ4n) is 1.77. The van der Waals surface area contributed by atoms with E-state index in [0.29, 0.717) is 5.56 Å². The Hall–Kier alpha value is -2.16. The summed E-state index contributed by atoms with van der Waals surface area (Å²) < 4.78 is 12.7. The zero-order valence-corrected chi connectivity index (χ0v) is 11.0. The van der Waals surface area contributed by atoms with E-state index in [1.165, 1.54) is 17.7 Å². The molecule has 0 bridgehead atoms. The lowest BCUT2D eigenvalue weighted by Crippen LogP contribution is -2.14. The van der Waals surface area contributed by atoms with Crippen LogP contribution in [0.2, 0.25) is 0 Å². The van der Waals surface area contributed by atoms with Gasteiger partial charge in [-0.15, -0.1) is 0 Å². The summed E-state index contributed by atoms with van der Waals surface area (Å²) in [6.45, 7) is 4.20. The molecule has 0 amide bonds. The highest BCUT2D eigenvalue weighted by atomic mass is 19.1. The van der Waals surface area contributed by atoms with Crippen LogP contribution in [0.1, 0.15) is 21.5 Å². The van der Waals surface area contributed by atoms with Crippen LogP contribution in [0, 0.1) is 19.7 Å². The van der Waals surface area contributed by atoms with Gasteiger partial charge in [0.1, 0.15) is 5.82 Å². The van der Waals surface area contributed by atoms with Gasteiger partial charge in [0.2, 0.25) is 0 Å². The normalized spacial score (nSPS) is 10.3. The summed E-state index contributed by atoms with van der Waals surface area (Å²) in [4.78, 5) is 12.0. The highest BCUT2D eigenvalue weighted by Crippen LogP contribution is 2.12. The van der Waals surface area contributed by atoms with Gasteiger partial charge in [0.15, 0.2) is 5.78 Å². The number of rotatable bonds is 4. The third kappa shape index (κ3) is 3.41. The number of Topliss-reactive ketones (excluding diaryl/α,β-unsaturated/α-hetero) is 1. The SMILES string of the molecule is Cc1ccc(C(=O)CNc2ccc(F)cc2)cc1C. The summed E-state index contributed by atoms with van der Waals surface area (Å²) >= 11 is 0. The van der Waals surface area contributed by atoms with Gasteiger partial charge in [-0.05, 0) is 55.3 Å². The van der Waals surface area contributed by atoms with Crippen LogP contribution in [0.4, 0.5) is 10.1 Å². The fourth-order valence-corrected chi connectivity index (χ4v) is 1.77. The van der Waals surface area contributed by atoms with Crippen molar-refractivity contribution in [1.29, 1.82) is 0 Å². The van der Waals surface area contributed by atoms with Crippen molar-refractivity contribution in [2.24, 2.45) is 0 Å². The molecule has 0 radical (unpaired) electrons. The van der Waals surface area contributed by atoms with Crippen LogP contribution < -0.4 is 5.32 Å². The van der Waals surface area contributed by atoms with Crippen molar-refractivity contribution in [2.75, 3.05) is 11.9 Å². The first-order chi connectivity index (χ1) is 9.06. The number of aryl methyl sites for hydroxylation is 2. The minimum Gasteiger partial charge on any atom is -0.378 e. The van der Waals surface area contributed by atoms with E-state index in [-0.39, 0.29) is 18.1 Å². The van der Waals surface area contributed by atoms with Gasteiger partial charge in [-0.1, -0.05) is 12.1 Å². The molecule has 0 aliphatic carbocycles. The van der Waals surface area contributed by atoms with Gasteiger partial charge < -0.3 is 5.32 Å². The summed E-state index contributed by atoms with van der Waals surface area (Å²) in [5.74, 6) is -0.265. The van der Waals surface area contributed by atoms with Crippen molar-refractivity contribution >= 4 is 11.5 Å². The largest absolute Gasteiger partial charge is 0.378 e. The number of nitrogens with one attached hydrogen (secondary N) is 1. The zero-order chi connectivity index (χ0) is 13.8. The first-order valence-corrected chi connectivity index (χ1v) is 6.16. The molecule has 19 heavy (non-hydrogen) atoms. The molecule has 1 N–H and O–H groups in total. The van der Waals surface area contributed by atoms with E-state index >= 15 is 0 Å². The predicted octanol–water partition coefficient (Wildman–Crippen LogP) is 3.74. The number of ketones is 1. The molecule has 2 aromatic carbocycles. The summed E-state index contributed by atoms with van der Waals surface area (Å²) in [5, 5.41) is 2.99. The molecule has 0 aromatic heterocycles. The predicted molar refractivity (Wildman–Crippen MR) is 75.1 cm³/mol. The zero-order valence-electron chi connectivity index (χ0n) is 11.0. The fraction of sp³-hybridized carbons (Fsp3) is 0.188. The van der Waals surface area contributed by atoms with Crippen molar-refractivity contribution in [1.82, 2.24) is 0 Å². The van der Waals surface area contributed by atoms with Crippen LogP contribution >= 0.6 is 0 Å². The van der Waals surface area contributed by atoms with Crippen LogP contribution in [-0.2, 0) is 0 Å². The van der Waals surface area contributed by atoms with Crippen molar-refractivity contribution in [3.63, 3.8) is 0 Å². The molecule has 0 atom stereocenters. The first kappa shape index (κ1) is 13.3. The number of halogens is 1. The maximum atomic E-state index is 12.7. The topological polar surface area (TPSA) is 29.1 Å². The van der Waals surface area contributed by atoms with Gasteiger partial charge >= 0.3 is 0 Å². The smallest absolute Gasteiger partial charge is 0.181 e. The number of carbonyl (C=O) groups excluding carboxylic acids is 1. The van der Waals surface area contributed by atoms with Crippen LogP contribution in [-0.4, -0.2) is 12.3 Å². The van der Waals surface area contributed by atoms with Crippen LogP contribution in [0.25, 0.3) is 0 Å². The Balaban J connectivity index is 2.01. The molecular formula is C16H16FNO. The molecule has 0 fully saturated rings. The second-order valence-electron chi connectivity index (χ2n) is 4.58. The Morgan fingerprint density at radius 1 is 1.05 bits per heavy atom. The minimum atomic E-state index is -0.286. The summed E-state index contributed by atoms with van der Waals surface area (Å²) in [7, 11) is 0. The molecule has 0 heterocycles. The molecule has 3 heteroatoms. The molecule has 0 saturated heterocycles. The third-order valence-corrected chi connectivity index (χ3v) is 3.13. The second-order valence-corrected chi connectivity index (χ2v) is 4.58. The van der Waals surface area contributed by atoms with Gasteiger partial charge in [0, 0.05) is 11.3 Å². The Bertz CT molecular complexity index is 590. The van der Waals surface area contributed by atoms with Crippen LogP contribution in [0.15, 0.2) is 42.5 Å². The molecule has 0 aliphatic heterocycles. The van der Waals surface area contributed by atoms with E-state index in [9.17, 15) is 9.18 Å². The summed E-state index contributed by atoms with van der Waals surface area (Å²) in [5.41, 5.74) is 3.70. The molecule has 0 saturated carbocycles. The van der Waals surface area contributed by atoms with Gasteiger partial charge in [0.05, 0.1) is 6.54 Å². The van der Waals surface area contributed by atoms with Crippen molar-refractivity contribution in [3.05, 3.63) is 65.0 Å². The van der Waals surface area contributed by atoms with E-state index in [0.717, 1.165) is 11.3 Å². The number of anilines is 1. The molecule has 2 rings (SSSR count). The third-order valence-electron chi connectivity index (χ3n) is 3.13. The quantitative estimate of drug-likeness (QED) is 0.845. The number of hydrogen-bond donors (Lipinski definition) is 1. The standard InChI is InChI=1S/C16H16FNO/c1-11-3-4-13(9-12(11)2)16(19)10-18-15-7-5-14(17)6-8-15/h3-9,18H,10H2,1-2H3. The Kier molecular flexibility index (Phi) is 3.95. The lowest BCUT2D eigenvalue weighted by molar-refractivity contribution is 0.101. The van der Waals surface area contributed by atoms with E-state index in [1.807, 2.05) is 32.0 Å². The first-order valence-electron chi connectivity index (χ1n) is 6.16. The summed E-state index contributed by atoms with van der Waals surface area (Å²) in [6, 6.07) is 11.6. The lowest BCUT2D eigenvalue weighted by Gasteiger charge is -2.07. The summed E-state index contributed by atoms with van der Waals surface area (Å²) in [6.07, 6.45) is 0. The lowest BCUT2D eigenvalue weighted by atomic mass is 10.0.